The van der Waals surface area contributed by atoms with E-state index >= 15 is 0 Å². The van der Waals surface area contributed by atoms with Crippen LogP contribution < -0.4 is 0 Å². The summed E-state index contributed by atoms with van der Waals surface area (Å²) < 4.78 is 31.2. The van der Waals surface area contributed by atoms with Gasteiger partial charge in [0.25, 0.3) is 0 Å². The van der Waals surface area contributed by atoms with Crippen LogP contribution in [0.3, 0.4) is 0 Å². The standard InChI is InChI=1S/C17H18N4O3S/c1-11-9-14(12(2)24-11)17-19-16(15-5-3-4-7-18-15)20-21(17)13-6-8-25(22,23)10-13/h3-5,7,9,13H,6,8,10H2,1-2H3. The summed E-state index contributed by atoms with van der Waals surface area (Å²) in [7, 11) is -3.03. The van der Waals surface area contributed by atoms with Crippen LogP contribution in [0.1, 0.15) is 24.0 Å². The Morgan fingerprint density at radius 2 is 2.12 bits per heavy atom. The average Bonchev–Trinajstić information content (AvgIpc) is 3.24. The van der Waals surface area contributed by atoms with E-state index in [0.29, 0.717) is 23.8 Å². The van der Waals surface area contributed by atoms with E-state index in [0.717, 1.165) is 17.1 Å². The van der Waals surface area contributed by atoms with Crippen LogP contribution in [0.25, 0.3) is 22.9 Å². The van der Waals surface area contributed by atoms with E-state index in [9.17, 15) is 8.42 Å². The third kappa shape index (κ3) is 2.97. The molecule has 0 amide bonds. The molecule has 25 heavy (non-hydrogen) atoms. The van der Waals surface area contributed by atoms with E-state index < -0.39 is 9.84 Å². The van der Waals surface area contributed by atoms with E-state index in [2.05, 4.69) is 15.1 Å². The van der Waals surface area contributed by atoms with Crippen molar-refractivity contribution in [2.24, 2.45) is 0 Å². The van der Waals surface area contributed by atoms with Gasteiger partial charge in [0, 0.05) is 6.20 Å². The Balaban J connectivity index is 1.86. The maximum Gasteiger partial charge on any atom is 0.200 e. The molecule has 0 saturated carbocycles. The lowest BCUT2D eigenvalue weighted by molar-refractivity contribution is 0.496. The molecule has 1 unspecified atom stereocenters. The third-order valence-corrected chi connectivity index (χ3v) is 6.11. The zero-order valence-corrected chi connectivity index (χ0v) is 14.8. The zero-order valence-electron chi connectivity index (χ0n) is 14.0. The first-order valence-electron chi connectivity index (χ1n) is 8.09. The van der Waals surface area contributed by atoms with Crippen molar-refractivity contribution in [1.82, 2.24) is 19.7 Å². The van der Waals surface area contributed by atoms with Crippen LogP contribution in [0.2, 0.25) is 0 Å². The summed E-state index contributed by atoms with van der Waals surface area (Å²) in [4.78, 5) is 8.95. The number of aryl methyl sites for hydroxylation is 2. The van der Waals surface area contributed by atoms with Gasteiger partial charge in [-0.3, -0.25) is 4.98 Å². The van der Waals surface area contributed by atoms with Crippen molar-refractivity contribution in [1.29, 1.82) is 0 Å². The molecule has 0 N–H and O–H groups in total. The van der Waals surface area contributed by atoms with E-state index in [1.54, 1.807) is 10.9 Å². The minimum atomic E-state index is -3.03. The van der Waals surface area contributed by atoms with Crippen LogP contribution in [0.4, 0.5) is 0 Å². The maximum atomic E-state index is 11.9. The van der Waals surface area contributed by atoms with Crippen LogP contribution in [-0.2, 0) is 9.84 Å². The molecule has 4 heterocycles. The number of aromatic nitrogens is 4. The summed E-state index contributed by atoms with van der Waals surface area (Å²) in [5.41, 5.74) is 1.48. The molecule has 0 radical (unpaired) electrons. The van der Waals surface area contributed by atoms with Gasteiger partial charge in [0.05, 0.1) is 23.1 Å². The van der Waals surface area contributed by atoms with Crippen molar-refractivity contribution in [2.45, 2.75) is 26.3 Å². The molecule has 3 aromatic heterocycles. The fraction of sp³-hybridized carbons (Fsp3) is 0.353. The predicted molar refractivity (Wildman–Crippen MR) is 92.7 cm³/mol. The van der Waals surface area contributed by atoms with Crippen molar-refractivity contribution >= 4 is 9.84 Å². The number of hydrogen-bond acceptors (Lipinski definition) is 6. The number of pyridine rings is 1. The third-order valence-electron chi connectivity index (χ3n) is 4.36. The molecule has 0 aromatic carbocycles. The number of nitrogens with zero attached hydrogens (tertiary/aromatic N) is 4. The fourth-order valence-electron chi connectivity index (χ4n) is 3.19. The average molecular weight is 358 g/mol. The topological polar surface area (TPSA) is 90.9 Å². The quantitative estimate of drug-likeness (QED) is 0.715. The fourth-order valence-corrected chi connectivity index (χ4v) is 4.88. The molecule has 4 rings (SSSR count). The highest BCUT2D eigenvalue weighted by atomic mass is 32.2. The van der Waals surface area contributed by atoms with Crippen molar-refractivity contribution in [3.8, 4) is 22.9 Å². The molecule has 0 bridgehead atoms. The lowest BCUT2D eigenvalue weighted by Crippen LogP contribution is -2.14. The number of sulfone groups is 1. The second-order valence-corrected chi connectivity index (χ2v) is 8.53. The lowest BCUT2D eigenvalue weighted by atomic mass is 10.2. The summed E-state index contributed by atoms with van der Waals surface area (Å²) in [5.74, 6) is 2.88. The minimum absolute atomic E-state index is 0.0842. The van der Waals surface area contributed by atoms with Crippen LogP contribution in [-0.4, -0.2) is 39.7 Å². The molecule has 7 nitrogen and oxygen atoms in total. The van der Waals surface area contributed by atoms with E-state index in [1.807, 2.05) is 38.1 Å². The summed E-state index contributed by atoms with van der Waals surface area (Å²) in [6.07, 6.45) is 2.22. The van der Waals surface area contributed by atoms with Crippen LogP contribution in [0.5, 0.6) is 0 Å². The molecular formula is C17H18N4O3S. The predicted octanol–water partition coefficient (Wildman–Crippen LogP) is 2.58. The lowest BCUT2D eigenvalue weighted by Gasteiger charge is -2.11. The second-order valence-electron chi connectivity index (χ2n) is 6.30. The Hall–Kier alpha value is -2.48. The number of furan rings is 1. The van der Waals surface area contributed by atoms with Gasteiger partial charge in [-0.2, -0.15) is 0 Å². The van der Waals surface area contributed by atoms with Gasteiger partial charge in [0.15, 0.2) is 21.5 Å². The molecule has 1 saturated heterocycles. The first-order valence-corrected chi connectivity index (χ1v) is 9.91. The van der Waals surface area contributed by atoms with E-state index in [1.165, 1.54) is 0 Å². The summed E-state index contributed by atoms with van der Waals surface area (Å²) in [5, 5.41) is 4.59. The monoisotopic (exact) mass is 358 g/mol. The molecule has 1 aliphatic rings. The highest BCUT2D eigenvalue weighted by molar-refractivity contribution is 7.91. The Labute approximate surface area is 145 Å². The Bertz CT molecular complexity index is 1020. The van der Waals surface area contributed by atoms with Gasteiger partial charge in [-0.15, -0.1) is 5.10 Å². The first kappa shape index (κ1) is 16.0. The number of rotatable bonds is 3. The maximum absolute atomic E-state index is 11.9. The minimum Gasteiger partial charge on any atom is -0.466 e. The van der Waals surface area contributed by atoms with Crippen molar-refractivity contribution in [3.63, 3.8) is 0 Å². The first-order chi connectivity index (χ1) is 11.9. The van der Waals surface area contributed by atoms with Gasteiger partial charge >= 0.3 is 0 Å². The number of hydrogen-bond donors (Lipinski definition) is 0. The van der Waals surface area contributed by atoms with Gasteiger partial charge in [-0.05, 0) is 38.5 Å². The van der Waals surface area contributed by atoms with Gasteiger partial charge in [-0.25, -0.2) is 18.1 Å². The molecule has 1 atom stereocenters. The summed E-state index contributed by atoms with van der Waals surface area (Å²) >= 11 is 0. The molecule has 3 aromatic rings. The van der Waals surface area contributed by atoms with Crippen LogP contribution in [0, 0.1) is 13.8 Å². The largest absolute Gasteiger partial charge is 0.466 e. The molecule has 8 heteroatoms. The second kappa shape index (κ2) is 5.80. The highest BCUT2D eigenvalue weighted by Gasteiger charge is 2.33. The normalized spacial score (nSPS) is 19.4. The SMILES string of the molecule is Cc1cc(-c2nc(-c3ccccn3)nn2C2CCS(=O)(=O)C2)c(C)o1. The van der Waals surface area contributed by atoms with Crippen LogP contribution >= 0.6 is 0 Å². The van der Waals surface area contributed by atoms with Gasteiger partial charge in [0.1, 0.15) is 17.2 Å². The van der Waals surface area contributed by atoms with E-state index in [-0.39, 0.29) is 17.5 Å². The van der Waals surface area contributed by atoms with Crippen molar-refractivity contribution < 1.29 is 12.8 Å². The zero-order chi connectivity index (χ0) is 17.6. The molecule has 0 aliphatic carbocycles. The summed E-state index contributed by atoms with van der Waals surface area (Å²) in [6, 6.07) is 7.22. The molecular weight excluding hydrogens is 340 g/mol. The van der Waals surface area contributed by atoms with Crippen molar-refractivity contribution in [2.75, 3.05) is 11.5 Å². The van der Waals surface area contributed by atoms with Gasteiger partial charge in [-0.1, -0.05) is 6.07 Å². The molecule has 130 valence electrons. The van der Waals surface area contributed by atoms with Gasteiger partial charge in [0.2, 0.25) is 0 Å². The molecule has 1 fully saturated rings. The Morgan fingerprint density at radius 3 is 2.72 bits per heavy atom. The van der Waals surface area contributed by atoms with Crippen LogP contribution in [0.15, 0.2) is 34.9 Å². The van der Waals surface area contributed by atoms with Gasteiger partial charge < -0.3 is 4.42 Å². The van der Waals surface area contributed by atoms with Crippen molar-refractivity contribution in [3.05, 3.63) is 42.0 Å². The smallest absolute Gasteiger partial charge is 0.200 e. The molecule has 1 aliphatic heterocycles. The highest BCUT2D eigenvalue weighted by Crippen LogP contribution is 2.32. The molecule has 0 spiro atoms. The Kier molecular flexibility index (Phi) is 3.72. The van der Waals surface area contributed by atoms with E-state index in [4.69, 9.17) is 4.42 Å². The Morgan fingerprint density at radius 1 is 1.28 bits per heavy atom. The summed E-state index contributed by atoms with van der Waals surface area (Å²) in [6.45, 7) is 3.74.